The number of hydrogen-bond acceptors (Lipinski definition) is 4. The van der Waals surface area contributed by atoms with E-state index in [0.29, 0.717) is 15.8 Å². The molecule has 0 saturated carbocycles. The summed E-state index contributed by atoms with van der Waals surface area (Å²) in [5.41, 5.74) is 5.93. The lowest BCUT2D eigenvalue weighted by Crippen LogP contribution is -2.12. The summed E-state index contributed by atoms with van der Waals surface area (Å²) < 4.78 is 5.52. The molecule has 1 atom stereocenters. The van der Waals surface area contributed by atoms with Gasteiger partial charge >= 0.3 is 0 Å². The van der Waals surface area contributed by atoms with Crippen molar-refractivity contribution in [1.29, 1.82) is 0 Å². The van der Waals surface area contributed by atoms with Crippen molar-refractivity contribution in [2.45, 2.75) is 6.10 Å². The van der Waals surface area contributed by atoms with Gasteiger partial charge in [-0.25, -0.2) is 0 Å². The van der Waals surface area contributed by atoms with Crippen LogP contribution < -0.4 is 10.5 Å². The lowest BCUT2D eigenvalue weighted by atomic mass is 10.1. The first-order valence-corrected chi connectivity index (χ1v) is 4.84. The second kappa shape index (κ2) is 4.63. The molecule has 0 unspecified atom stereocenters. The maximum absolute atomic E-state index is 9.53. The lowest BCUT2D eigenvalue weighted by Gasteiger charge is -2.13. The van der Waals surface area contributed by atoms with E-state index in [1.54, 1.807) is 6.07 Å². The summed E-state index contributed by atoms with van der Waals surface area (Å²) >= 11 is 3.22. The maximum atomic E-state index is 9.53. The Labute approximate surface area is 90.4 Å². The van der Waals surface area contributed by atoms with Crippen LogP contribution >= 0.6 is 15.9 Å². The lowest BCUT2D eigenvalue weighted by molar-refractivity contribution is 0.185. The molecule has 0 aliphatic heterocycles. The molecule has 78 valence electrons. The van der Waals surface area contributed by atoms with E-state index in [1.807, 2.05) is 0 Å². The van der Waals surface area contributed by atoms with E-state index in [-0.39, 0.29) is 12.3 Å². The van der Waals surface area contributed by atoms with Crippen molar-refractivity contribution in [3.05, 3.63) is 22.2 Å². The molecule has 0 amide bonds. The summed E-state index contributed by atoms with van der Waals surface area (Å²) in [6, 6.07) is 3.02. The van der Waals surface area contributed by atoms with Gasteiger partial charge in [-0.1, -0.05) is 15.9 Å². The number of aliphatic hydroxyl groups is 1. The normalized spacial score (nSPS) is 12.6. The van der Waals surface area contributed by atoms with Crippen molar-refractivity contribution in [3.8, 4) is 11.5 Å². The first-order valence-electron chi connectivity index (χ1n) is 4.04. The predicted octanol–water partition coefficient (Wildman–Crippen LogP) is 1.16. The van der Waals surface area contributed by atoms with E-state index in [2.05, 4.69) is 15.9 Å². The summed E-state index contributed by atoms with van der Waals surface area (Å²) in [6.07, 6.45) is -0.765. The number of nitrogens with two attached hydrogens (primary N) is 1. The molecule has 0 heterocycles. The fourth-order valence-corrected chi connectivity index (χ4v) is 1.70. The first kappa shape index (κ1) is 11.3. The number of phenolic OH excluding ortho intramolecular Hbond substituents is 1. The van der Waals surface area contributed by atoms with Gasteiger partial charge in [0, 0.05) is 11.0 Å². The summed E-state index contributed by atoms with van der Waals surface area (Å²) in [4.78, 5) is 0. The van der Waals surface area contributed by atoms with E-state index >= 15 is 0 Å². The van der Waals surface area contributed by atoms with Gasteiger partial charge in [-0.15, -0.1) is 0 Å². The minimum Gasteiger partial charge on any atom is -0.504 e. The van der Waals surface area contributed by atoms with Crippen molar-refractivity contribution >= 4 is 15.9 Å². The van der Waals surface area contributed by atoms with E-state index in [0.717, 1.165) is 0 Å². The van der Waals surface area contributed by atoms with Crippen molar-refractivity contribution in [2.75, 3.05) is 13.7 Å². The zero-order valence-electron chi connectivity index (χ0n) is 7.70. The monoisotopic (exact) mass is 261 g/mol. The van der Waals surface area contributed by atoms with Crippen molar-refractivity contribution < 1.29 is 14.9 Å². The van der Waals surface area contributed by atoms with E-state index < -0.39 is 6.10 Å². The van der Waals surface area contributed by atoms with Crippen LogP contribution in [0, 0.1) is 0 Å². The Morgan fingerprint density at radius 3 is 2.71 bits per heavy atom. The second-order valence-corrected chi connectivity index (χ2v) is 3.65. The Morgan fingerprint density at radius 1 is 1.57 bits per heavy atom. The standard InChI is InChI=1S/C9H12BrNO3/c1-14-9-2-5(8(13)4-11)6(10)3-7(9)12/h2-3,8,12-13H,4,11H2,1H3/t8-/m0/s1. The van der Waals surface area contributed by atoms with Crippen LogP contribution in [0.2, 0.25) is 0 Å². The molecule has 0 bridgehead atoms. The van der Waals surface area contributed by atoms with Gasteiger partial charge in [-0.2, -0.15) is 0 Å². The molecule has 0 saturated heterocycles. The molecule has 1 aromatic carbocycles. The van der Waals surface area contributed by atoms with Gasteiger partial charge in [0.2, 0.25) is 0 Å². The third-order valence-corrected chi connectivity index (χ3v) is 2.57. The summed E-state index contributed by atoms with van der Waals surface area (Å²) in [5, 5.41) is 18.9. The van der Waals surface area contributed by atoms with Crippen LogP contribution in [0.5, 0.6) is 11.5 Å². The van der Waals surface area contributed by atoms with Crippen LogP contribution in [0.25, 0.3) is 0 Å². The Kier molecular flexibility index (Phi) is 3.74. The van der Waals surface area contributed by atoms with Crippen LogP contribution in [-0.4, -0.2) is 23.9 Å². The fourth-order valence-electron chi connectivity index (χ4n) is 1.10. The molecule has 1 rings (SSSR count). The molecule has 0 radical (unpaired) electrons. The Balaban J connectivity index is 3.17. The molecule has 4 nitrogen and oxygen atoms in total. The number of halogens is 1. The highest BCUT2D eigenvalue weighted by Crippen LogP contribution is 2.34. The Bertz CT molecular complexity index is 330. The summed E-state index contributed by atoms with van der Waals surface area (Å²) in [7, 11) is 1.45. The van der Waals surface area contributed by atoms with Gasteiger partial charge in [0.1, 0.15) is 0 Å². The van der Waals surface area contributed by atoms with Crippen LogP contribution in [0.4, 0.5) is 0 Å². The number of phenols is 1. The molecule has 0 aromatic heterocycles. The number of rotatable bonds is 3. The average Bonchev–Trinajstić information content (AvgIpc) is 2.17. The van der Waals surface area contributed by atoms with Gasteiger partial charge in [-0.3, -0.25) is 0 Å². The topological polar surface area (TPSA) is 75.7 Å². The van der Waals surface area contributed by atoms with Gasteiger partial charge in [0.15, 0.2) is 11.5 Å². The zero-order chi connectivity index (χ0) is 10.7. The van der Waals surface area contributed by atoms with Crippen molar-refractivity contribution in [1.82, 2.24) is 0 Å². The number of aliphatic hydroxyl groups excluding tert-OH is 1. The SMILES string of the molecule is COc1cc([C@@H](O)CN)c(Br)cc1O. The van der Waals surface area contributed by atoms with Crippen molar-refractivity contribution in [2.24, 2.45) is 5.73 Å². The molecule has 0 spiro atoms. The van der Waals surface area contributed by atoms with Gasteiger partial charge in [0.05, 0.1) is 13.2 Å². The second-order valence-electron chi connectivity index (χ2n) is 2.80. The molecule has 5 heteroatoms. The average molecular weight is 262 g/mol. The fraction of sp³-hybridized carbons (Fsp3) is 0.333. The number of ether oxygens (including phenoxy) is 1. The Morgan fingerprint density at radius 2 is 2.21 bits per heavy atom. The minimum atomic E-state index is -0.765. The highest BCUT2D eigenvalue weighted by atomic mass is 79.9. The number of aromatic hydroxyl groups is 1. The molecular formula is C9H12BrNO3. The highest BCUT2D eigenvalue weighted by molar-refractivity contribution is 9.10. The zero-order valence-corrected chi connectivity index (χ0v) is 9.28. The molecule has 4 N–H and O–H groups in total. The molecular weight excluding hydrogens is 250 g/mol. The van der Waals surface area contributed by atoms with Gasteiger partial charge in [-0.05, 0) is 17.7 Å². The van der Waals surface area contributed by atoms with E-state index in [4.69, 9.17) is 10.5 Å². The van der Waals surface area contributed by atoms with Crippen LogP contribution in [-0.2, 0) is 0 Å². The maximum Gasteiger partial charge on any atom is 0.160 e. The minimum absolute atomic E-state index is 0.0207. The largest absolute Gasteiger partial charge is 0.504 e. The predicted molar refractivity (Wildman–Crippen MR) is 56.4 cm³/mol. The van der Waals surface area contributed by atoms with Crippen LogP contribution in [0.15, 0.2) is 16.6 Å². The molecule has 0 aliphatic rings. The number of methoxy groups -OCH3 is 1. The van der Waals surface area contributed by atoms with Crippen LogP contribution in [0.3, 0.4) is 0 Å². The number of benzene rings is 1. The highest BCUT2D eigenvalue weighted by Gasteiger charge is 2.13. The van der Waals surface area contributed by atoms with E-state index in [9.17, 15) is 10.2 Å². The molecule has 0 aliphatic carbocycles. The van der Waals surface area contributed by atoms with Gasteiger partial charge in [0.25, 0.3) is 0 Å². The summed E-state index contributed by atoms with van der Waals surface area (Å²) in [6.45, 7) is 0.118. The van der Waals surface area contributed by atoms with E-state index in [1.165, 1.54) is 13.2 Å². The van der Waals surface area contributed by atoms with Crippen molar-refractivity contribution in [3.63, 3.8) is 0 Å². The molecule has 1 aromatic rings. The summed E-state index contributed by atoms with van der Waals surface area (Å²) in [5.74, 6) is 0.336. The third kappa shape index (κ3) is 2.17. The smallest absolute Gasteiger partial charge is 0.160 e. The molecule has 14 heavy (non-hydrogen) atoms. The molecule has 0 fully saturated rings. The van der Waals surface area contributed by atoms with Gasteiger partial charge < -0.3 is 20.7 Å². The Hall–Kier alpha value is -0.780. The van der Waals surface area contributed by atoms with Crippen LogP contribution in [0.1, 0.15) is 11.7 Å². The first-order chi connectivity index (χ1) is 6.60. The number of hydrogen-bond donors (Lipinski definition) is 3. The third-order valence-electron chi connectivity index (χ3n) is 1.88. The quantitative estimate of drug-likeness (QED) is 0.763.